The molecule has 0 bridgehead atoms. The Labute approximate surface area is 122 Å². The molecule has 0 heterocycles. The quantitative estimate of drug-likeness (QED) is 0.262. The molecule has 108 valence electrons. The Morgan fingerprint density at radius 2 is 2.15 bits per heavy atom. The van der Waals surface area contributed by atoms with Crippen LogP contribution in [-0.2, 0) is 4.79 Å². The summed E-state index contributed by atoms with van der Waals surface area (Å²) in [6.45, 7) is 0. The van der Waals surface area contributed by atoms with Gasteiger partial charge in [0.15, 0.2) is 5.84 Å². The van der Waals surface area contributed by atoms with E-state index in [9.17, 15) is 4.79 Å². The molecule has 1 aromatic rings. The van der Waals surface area contributed by atoms with E-state index in [2.05, 4.69) is 10.5 Å². The molecule has 0 unspecified atom stereocenters. The number of hydrogen-bond donors (Lipinski definition) is 3. The van der Waals surface area contributed by atoms with Gasteiger partial charge in [0.05, 0.1) is 0 Å². The molecule has 6 heteroatoms. The molecule has 1 aliphatic rings. The Morgan fingerprint density at radius 1 is 1.45 bits per heavy atom. The first kappa shape index (κ1) is 14.7. The third-order valence-corrected chi connectivity index (χ3v) is 4.54. The lowest BCUT2D eigenvalue weighted by molar-refractivity contribution is -0.122. The van der Waals surface area contributed by atoms with Gasteiger partial charge in [0.2, 0.25) is 5.91 Å². The van der Waals surface area contributed by atoms with Crippen molar-refractivity contribution in [1.29, 1.82) is 0 Å². The van der Waals surface area contributed by atoms with Crippen LogP contribution in [0.3, 0.4) is 0 Å². The Balaban J connectivity index is 2.21. The lowest BCUT2D eigenvalue weighted by Gasteiger charge is -2.26. The molecule has 5 nitrogen and oxygen atoms in total. The van der Waals surface area contributed by atoms with E-state index in [0.717, 1.165) is 23.4 Å². The van der Waals surface area contributed by atoms with Crippen LogP contribution in [0.5, 0.6) is 0 Å². The second kappa shape index (κ2) is 6.17. The highest BCUT2D eigenvalue weighted by molar-refractivity contribution is 7.98. The zero-order valence-electron chi connectivity index (χ0n) is 11.4. The molecular weight excluding hydrogens is 274 g/mol. The Kier molecular flexibility index (Phi) is 4.54. The number of amides is 1. The third kappa shape index (κ3) is 2.75. The van der Waals surface area contributed by atoms with Crippen molar-refractivity contribution < 1.29 is 10.0 Å². The molecule has 0 aliphatic heterocycles. The predicted octanol–water partition coefficient (Wildman–Crippen LogP) is 2.65. The first-order valence-corrected chi connectivity index (χ1v) is 7.78. The van der Waals surface area contributed by atoms with Crippen molar-refractivity contribution in [3.63, 3.8) is 0 Å². The maximum Gasteiger partial charge on any atom is 0.238 e. The summed E-state index contributed by atoms with van der Waals surface area (Å²) < 4.78 is 0. The number of nitrogens with zero attached hydrogens (tertiary/aromatic N) is 1. The zero-order valence-corrected chi connectivity index (χ0v) is 12.2. The molecule has 0 atom stereocenters. The molecule has 1 aromatic carbocycles. The maximum atomic E-state index is 12.5. The number of oxime groups is 1. The molecule has 1 fully saturated rings. The molecule has 0 saturated heterocycles. The van der Waals surface area contributed by atoms with E-state index in [1.165, 1.54) is 0 Å². The number of amidine groups is 1. The van der Waals surface area contributed by atoms with Crippen molar-refractivity contribution in [1.82, 2.24) is 0 Å². The molecule has 1 amide bonds. The normalized spacial score (nSPS) is 17.9. The number of carbonyl (C=O) groups is 1. The van der Waals surface area contributed by atoms with Crippen LogP contribution in [0.4, 0.5) is 5.69 Å². The topological polar surface area (TPSA) is 87.7 Å². The number of rotatable bonds is 4. The SMILES string of the molecule is CSc1cccc(NC(=O)C2(C(N)=NO)CCCC2)c1. The fourth-order valence-electron chi connectivity index (χ4n) is 2.63. The van der Waals surface area contributed by atoms with E-state index >= 15 is 0 Å². The Bertz CT molecular complexity index is 525. The maximum absolute atomic E-state index is 12.5. The molecule has 1 saturated carbocycles. The van der Waals surface area contributed by atoms with E-state index in [1.807, 2.05) is 30.5 Å². The molecule has 4 N–H and O–H groups in total. The van der Waals surface area contributed by atoms with Gasteiger partial charge in [-0.05, 0) is 37.3 Å². The van der Waals surface area contributed by atoms with Crippen LogP contribution in [0.25, 0.3) is 0 Å². The summed E-state index contributed by atoms with van der Waals surface area (Å²) in [7, 11) is 0. The van der Waals surface area contributed by atoms with Crippen molar-refractivity contribution >= 4 is 29.2 Å². The van der Waals surface area contributed by atoms with Gasteiger partial charge in [0, 0.05) is 10.6 Å². The van der Waals surface area contributed by atoms with E-state index in [4.69, 9.17) is 10.9 Å². The summed E-state index contributed by atoms with van der Waals surface area (Å²) in [6, 6.07) is 7.63. The second-order valence-electron chi connectivity index (χ2n) is 4.96. The highest BCUT2D eigenvalue weighted by Crippen LogP contribution is 2.39. The van der Waals surface area contributed by atoms with Gasteiger partial charge in [-0.15, -0.1) is 11.8 Å². The Morgan fingerprint density at radius 3 is 2.75 bits per heavy atom. The average Bonchev–Trinajstić information content (AvgIpc) is 2.97. The van der Waals surface area contributed by atoms with Crippen LogP contribution < -0.4 is 11.1 Å². The minimum absolute atomic E-state index is 0.00789. The summed E-state index contributed by atoms with van der Waals surface area (Å²) in [5, 5.41) is 14.9. The standard InChI is InChI=1S/C14H19N3O2S/c1-20-11-6-4-5-10(9-11)16-13(18)14(12(15)17-19)7-2-3-8-14/h4-6,9,19H,2-3,7-8H2,1H3,(H2,15,17)(H,16,18). The Hall–Kier alpha value is -1.69. The summed E-state index contributed by atoms with van der Waals surface area (Å²) in [4.78, 5) is 13.6. The molecule has 20 heavy (non-hydrogen) atoms. The minimum atomic E-state index is -0.871. The summed E-state index contributed by atoms with van der Waals surface area (Å²) in [6.07, 6.45) is 5.05. The van der Waals surface area contributed by atoms with Crippen LogP contribution in [-0.4, -0.2) is 23.2 Å². The minimum Gasteiger partial charge on any atom is -0.409 e. The molecule has 1 aliphatic carbocycles. The summed E-state index contributed by atoms with van der Waals surface area (Å²) in [5.74, 6) is -0.183. The molecule has 0 aromatic heterocycles. The van der Waals surface area contributed by atoms with Gasteiger partial charge < -0.3 is 16.3 Å². The average molecular weight is 293 g/mol. The van der Waals surface area contributed by atoms with Gasteiger partial charge >= 0.3 is 0 Å². The van der Waals surface area contributed by atoms with Crippen LogP contribution in [0.1, 0.15) is 25.7 Å². The zero-order chi connectivity index (χ0) is 14.6. The van der Waals surface area contributed by atoms with Crippen molar-refractivity contribution in [3.8, 4) is 0 Å². The third-order valence-electron chi connectivity index (χ3n) is 3.82. The van der Waals surface area contributed by atoms with E-state index < -0.39 is 5.41 Å². The monoisotopic (exact) mass is 293 g/mol. The molecule has 0 radical (unpaired) electrons. The van der Waals surface area contributed by atoms with E-state index in [1.54, 1.807) is 11.8 Å². The van der Waals surface area contributed by atoms with Crippen molar-refractivity contribution in [2.24, 2.45) is 16.3 Å². The number of nitrogens with one attached hydrogen (secondary N) is 1. The number of anilines is 1. The predicted molar refractivity (Wildman–Crippen MR) is 81.2 cm³/mol. The number of benzene rings is 1. The van der Waals surface area contributed by atoms with E-state index in [0.29, 0.717) is 12.8 Å². The smallest absolute Gasteiger partial charge is 0.238 e. The van der Waals surface area contributed by atoms with Crippen molar-refractivity contribution in [2.75, 3.05) is 11.6 Å². The van der Waals surface area contributed by atoms with Gasteiger partial charge in [-0.2, -0.15) is 0 Å². The fraction of sp³-hybridized carbons (Fsp3) is 0.429. The van der Waals surface area contributed by atoms with E-state index in [-0.39, 0.29) is 11.7 Å². The van der Waals surface area contributed by atoms with Crippen LogP contribution in [0, 0.1) is 5.41 Å². The summed E-state index contributed by atoms with van der Waals surface area (Å²) >= 11 is 1.61. The van der Waals surface area contributed by atoms with Gasteiger partial charge in [0.25, 0.3) is 0 Å². The van der Waals surface area contributed by atoms with Crippen molar-refractivity contribution in [3.05, 3.63) is 24.3 Å². The van der Waals surface area contributed by atoms with Gasteiger partial charge in [-0.25, -0.2) is 0 Å². The number of hydrogen-bond acceptors (Lipinski definition) is 4. The second-order valence-corrected chi connectivity index (χ2v) is 5.84. The summed E-state index contributed by atoms with van der Waals surface area (Å²) in [5.41, 5.74) is 5.62. The highest BCUT2D eigenvalue weighted by atomic mass is 32.2. The number of carbonyl (C=O) groups excluding carboxylic acids is 1. The largest absolute Gasteiger partial charge is 0.409 e. The first-order valence-electron chi connectivity index (χ1n) is 6.56. The van der Waals surface area contributed by atoms with Gasteiger partial charge in [-0.3, -0.25) is 4.79 Å². The van der Waals surface area contributed by atoms with Gasteiger partial charge in [0.1, 0.15) is 5.41 Å². The highest BCUT2D eigenvalue weighted by Gasteiger charge is 2.45. The molecular formula is C14H19N3O2S. The number of thioether (sulfide) groups is 1. The lowest BCUT2D eigenvalue weighted by Crippen LogP contribution is -2.45. The molecule has 0 spiro atoms. The van der Waals surface area contributed by atoms with Gasteiger partial charge in [-0.1, -0.05) is 24.1 Å². The fourth-order valence-corrected chi connectivity index (χ4v) is 3.08. The van der Waals surface area contributed by atoms with Crippen LogP contribution in [0.2, 0.25) is 0 Å². The number of nitrogens with two attached hydrogens (primary N) is 1. The first-order chi connectivity index (χ1) is 9.62. The lowest BCUT2D eigenvalue weighted by atomic mass is 9.83. The van der Waals surface area contributed by atoms with Crippen LogP contribution >= 0.6 is 11.8 Å². The van der Waals surface area contributed by atoms with Crippen LogP contribution in [0.15, 0.2) is 34.3 Å². The molecule has 2 rings (SSSR count). The van der Waals surface area contributed by atoms with Crippen molar-refractivity contribution in [2.45, 2.75) is 30.6 Å².